The maximum Gasteiger partial charge on any atom is 0.253 e. The lowest BCUT2D eigenvalue weighted by atomic mass is 10.1. The smallest absolute Gasteiger partial charge is 0.253 e. The lowest BCUT2D eigenvalue weighted by Crippen LogP contribution is -2.30. The molecule has 3 N–H and O–H groups in total. The molecule has 2 aromatic heterocycles. The first-order valence-corrected chi connectivity index (χ1v) is 9.57. The molecule has 2 amide bonds. The summed E-state index contributed by atoms with van der Waals surface area (Å²) in [6.45, 7) is 0.887. The lowest BCUT2D eigenvalue weighted by molar-refractivity contribution is -0.121. The van der Waals surface area contributed by atoms with Crippen LogP contribution >= 0.6 is 11.3 Å². The molecule has 2 heterocycles. The zero-order valence-corrected chi connectivity index (χ0v) is 15.5. The van der Waals surface area contributed by atoms with Crippen molar-refractivity contribution in [2.24, 2.45) is 0 Å². The summed E-state index contributed by atoms with van der Waals surface area (Å²) in [5.74, 6) is -0.355. The molecule has 0 aliphatic carbocycles. The van der Waals surface area contributed by atoms with Crippen molar-refractivity contribution in [2.75, 3.05) is 13.1 Å². The maximum atomic E-state index is 12.3. The molecule has 0 aliphatic rings. The Hall–Kier alpha value is -3.00. The SMILES string of the molecule is O=C(CCC(=O)c1cccs1)NCCCNC(=O)c1cccc2cn[nH]c12. The summed E-state index contributed by atoms with van der Waals surface area (Å²) in [7, 11) is 0. The third-order valence-electron chi connectivity index (χ3n) is 4.06. The largest absolute Gasteiger partial charge is 0.356 e. The van der Waals surface area contributed by atoms with Crippen molar-refractivity contribution in [1.82, 2.24) is 20.8 Å². The van der Waals surface area contributed by atoms with Gasteiger partial charge in [-0.25, -0.2) is 0 Å². The van der Waals surface area contributed by atoms with E-state index >= 15 is 0 Å². The molecule has 0 fully saturated rings. The van der Waals surface area contributed by atoms with E-state index in [0.29, 0.717) is 35.5 Å². The zero-order valence-electron chi connectivity index (χ0n) is 14.7. The fourth-order valence-corrected chi connectivity index (χ4v) is 3.34. The van der Waals surface area contributed by atoms with Gasteiger partial charge in [0.15, 0.2) is 5.78 Å². The Morgan fingerprint density at radius 3 is 2.70 bits per heavy atom. The highest BCUT2D eigenvalue weighted by Crippen LogP contribution is 2.15. The Labute approximate surface area is 160 Å². The number of hydrogen-bond donors (Lipinski definition) is 3. The number of para-hydroxylation sites is 1. The van der Waals surface area contributed by atoms with Crippen molar-refractivity contribution in [3.05, 3.63) is 52.3 Å². The third-order valence-corrected chi connectivity index (χ3v) is 4.97. The Morgan fingerprint density at radius 2 is 1.89 bits per heavy atom. The molecule has 3 aromatic rings. The number of aromatic nitrogens is 2. The van der Waals surface area contributed by atoms with Crippen LogP contribution < -0.4 is 10.6 Å². The molecule has 140 valence electrons. The Bertz CT molecular complexity index is 933. The van der Waals surface area contributed by atoms with E-state index < -0.39 is 0 Å². The van der Waals surface area contributed by atoms with Gasteiger partial charge < -0.3 is 10.6 Å². The number of benzene rings is 1. The molecule has 0 saturated carbocycles. The van der Waals surface area contributed by atoms with Crippen LogP contribution in [0.1, 0.15) is 39.3 Å². The van der Waals surface area contributed by atoms with Crippen LogP contribution in [0, 0.1) is 0 Å². The van der Waals surface area contributed by atoms with Crippen LogP contribution in [0.4, 0.5) is 0 Å². The second-order valence-electron chi connectivity index (χ2n) is 6.00. The summed E-state index contributed by atoms with van der Waals surface area (Å²) < 4.78 is 0. The third kappa shape index (κ3) is 5.01. The first-order valence-electron chi connectivity index (χ1n) is 8.69. The van der Waals surface area contributed by atoms with Gasteiger partial charge in [0.1, 0.15) is 0 Å². The molecule has 0 saturated heterocycles. The number of thiophene rings is 1. The Morgan fingerprint density at radius 1 is 1.04 bits per heavy atom. The van der Waals surface area contributed by atoms with Crippen LogP contribution in [0.25, 0.3) is 10.9 Å². The highest BCUT2D eigenvalue weighted by molar-refractivity contribution is 7.12. The summed E-state index contributed by atoms with van der Waals surface area (Å²) in [5, 5.41) is 15.1. The van der Waals surface area contributed by atoms with E-state index in [1.165, 1.54) is 11.3 Å². The molecule has 7 nitrogen and oxygen atoms in total. The van der Waals surface area contributed by atoms with Gasteiger partial charge in [-0.3, -0.25) is 19.5 Å². The van der Waals surface area contributed by atoms with E-state index in [0.717, 1.165) is 5.39 Å². The topological polar surface area (TPSA) is 104 Å². The molecular formula is C19H20N4O3S. The number of carbonyl (C=O) groups excluding carboxylic acids is 3. The molecule has 0 bridgehead atoms. The summed E-state index contributed by atoms with van der Waals surface area (Å²) in [5.41, 5.74) is 1.25. The minimum absolute atomic E-state index is 0.0135. The fourth-order valence-electron chi connectivity index (χ4n) is 2.65. The van der Waals surface area contributed by atoms with E-state index in [9.17, 15) is 14.4 Å². The monoisotopic (exact) mass is 384 g/mol. The van der Waals surface area contributed by atoms with Crippen molar-refractivity contribution >= 4 is 39.8 Å². The molecular weight excluding hydrogens is 364 g/mol. The van der Waals surface area contributed by atoms with Gasteiger partial charge in [-0.05, 0) is 23.9 Å². The van der Waals surface area contributed by atoms with Gasteiger partial charge in [0.25, 0.3) is 5.91 Å². The molecule has 1 aromatic carbocycles. The first-order chi connectivity index (χ1) is 13.1. The highest BCUT2D eigenvalue weighted by atomic mass is 32.1. The molecule has 0 atom stereocenters. The van der Waals surface area contributed by atoms with Crippen molar-refractivity contribution < 1.29 is 14.4 Å². The first kappa shape index (κ1) is 18.8. The van der Waals surface area contributed by atoms with Crippen molar-refractivity contribution in [3.8, 4) is 0 Å². The summed E-state index contributed by atoms with van der Waals surface area (Å²) in [6, 6.07) is 9.01. The van der Waals surface area contributed by atoms with Gasteiger partial charge in [-0.2, -0.15) is 5.10 Å². The summed E-state index contributed by atoms with van der Waals surface area (Å²) >= 11 is 1.38. The number of fused-ring (bicyclic) bond motifs is 1. The quantitative estimate of drug-likeness (QED) is 0.389. The number of hydrogen-bond acceptors (Lipinski definition) is 5. The zero-order chi connectivity index (χ0) is 19.1. The standard InChI is InChI=1S/C19H20N4O3S/c24-15(16-6-2-11-27-16)7-8-17(25)20-9-3-10-21-19(26)14-5-1-4-13-12-22-23-18(13)14/h1-2,4-6,11-12H,3,7-10H2,(H,20,25)(H,21,26)(H,22,23). The molecule has 3 rings (SSSR count). The van der Waals surface area contributed by atoms with Crippen molar-refractivity contribution in [3.63, 3.8) is 0 Å². The predicted molar refractivity (Wildman–Crippen MR) is 104 cm³/mol. The maximum absolute atomic E-state index is 12.3. The molecule has 0 radical (unpaired) electrons. The number of aromatic amines is 1. The van der Waals surface area contributed by atoms with Crippen LogP contribution in [0.2, 0.25) is 0 Å². The normalized spacial score (nSPS) is 10.7. The van der Waals surface area contributed by atoms with E-state index in [-0.39, 0.29) is 30.4 Å². The number of Topliss-reactive ketones (excluding diaryl/α,β-unsaturated/α-hetero) is 1. The van der Waals surface area contributed by atoms with E-state index in [4.69, 9.17) is 0 Å². The van der Waals surface area contributed by atoms with Gasteiger partial charge in [0.05, 0.1) is 22.2 Å². The van der Waals surface area contributed by atoms with Crippen LogP contribution in [0.5, 0.6) is 0 Å². The van der Waals surface area contributed by atoms with Gasteiger partial charge in [-0.15, -0.1) is 11.3 Å². The number of nitrogens with one attached hydrogen (secondary N) is 3. The van der Waals surface area contributed by atoms with E-state index in [1.807, 2.05) is 23.6 Å². The molecule has 0 unspecified atom stereocenters. The minimum Gasteiger partial charge on any atom is -0.356 e. The van der Waals surface area contributed by atoms with E-state index in [1.54, 1.807) is 18.3 Å². The van der Waals surface area contributed by atoms with Crippen molar-refractivity contribution in [2.45, 2.75) is 19.3 Å². The second kappa shape index (κ2) is 9.09. The van der Waals surface area contributed by atoms with Gasteiger partial charge in [-0.1, -0.05) is 18.2 Å². The number of rotatable bonds is 9. The number of nitrogens with zero attached hydrogens (tertiary/aromatic N) is 1. The predicted octanol–water partition coefficient (Wildman–Crippen LogP) is 2.52. The van der Waals surface area contributed by atoms with Gasteiger partial charge >= 0.3 is 0 Å². The average molecular weight is 384 g/mol. The van der Waals surface area contributed by atoms with Gasteiger partial charge in [0, 0.05) is 31.3 Å². The molecule has 0 aliphatic heterocycles. The summed E-state index contributed by atoms with van der Waals surface area (Å²) in [4.78, 5) is 36.6. The number of amides is 2. The summed E-state index contributed by atoms with van der Waals surface area (Å²) in [6.07, 6.45) is 2.66. The Balaban J connectivity index is 1.33. The van der Waals surface area contributed by atoms with Crippen molar-refractivity contribution in [1.29, 1.82) is 0 Å². The Kier molecular flexibility index (Phi) is 6.32. The second-order valence-corrected chi connectivity index (χ2v) is 6.95. The van der Waals surface area contributed by atoms with E-state index in [2.05, 4.69) is 20.8 Å². The minimum atomic E-state index is -0.183. The van der Waals surface area contributed by atoms with Crippen LogP contribution in [0.3, 0.4) is 0 Å². The molecule has 27 heavy (non-hydrogen) atoms. The number of ketones is 1. The number of H-pyrrole nitrogens is 1. The fraction of sp³-hybridized carbons (Fsp3) is 0.263. The number of carbonyl (C=O) groups is 3. The van der Waals surface area contributed by atoms with Gasteiger partial charge in [0.2, 0.25) is 5.91 Å². The average Bonchev–Trinajstić information content (AvgIpc) is 3.36. The molecule has 0 spiro atoms. The van der Waals surface area contributed by atoms with Crippen LogP contribution in [-0.2, 0) is 4.79 Å². The molecule has 8 heteroatoms. The highest BCUT2D eigenvalue weighted by Gasteiger charge is 2.11. The lowest BCUT2D eigenvalue weighted by Gasteiger charge is -2.07. The van der Waals surface area contributed by atoms with Crippen LogP contribution in [-0.4, -0.2) is 40.9 Å². The van der Waals surface area contributed by atoms with Crippen LogP contribution in [0.15, 0.2) is 41.9 Å².